The molecule has 2 aliphatic rings. The van der Waals surface area contributed by atoms with Crippen molar-refractivity contribution in [3.05, 3.63) is 175 Å². The third kappa shape index (κ3) is 4.57. The van der Waals surface area contributed by atoms with E-state index in [-0.39, 0.29) is 12.0 Å². The second kappa shape index (κ2) is 11.5. The summed E-state index contributed by atoms with van der Waals surface area (Å²) in [6, 6.07) is 48.0. The van der Waals surface area contributed by atoms with Gasteiger partial charge >= 0.3 is 0 Å². The van der Waals surface area contributed by atoms with Crippen LogP contribution in [0.4, 0.5) is 11.4 Å². The lowest BCUT2D eigenvalue weighted by molar-refractivity contribution is 0.585. The molecule has 0 fully saturated rings. The number of furan rings is 1. The number of hydrogen-bond acceptors (Lipinski definition) is 6. The van der Waals surface area contributed by atoms with Crippen molar-refractivity contribution in [2.45, 2.75) is 12.0 Å². The second-order valence-electron chi connectivity index (χ2n) is 12.7. The molecule has 0 saturated carbocycles. The maximum Gasteiger partial charge on any atom is 0.164 e. The first-order chi connectivity index (χ1) is 24.8. The second-order valence-corrected chi connectivity index (χ2v) is 12.7. The lowest BCUT2D eigenvalue weighted by Gasteiger charge is -2.30. The molecule has 0 saturated heterocycles. The molecule has 10 rings (SSSR count). The van der Waals surface area contributed by atoms with Gasteiger partial charge in [0.15, 0.2) is 17.5 Å². The van der Waals surface area contributed by atoms with Gasteiger partial charge in [-0.2, -0.15) is 0 Å². The summed E-state index contributed by atoms with van der Waals surface area (Å²) < 4.78 is 6.83. The first-order valence-electron chi connectivity index (χ1n) is 16.8. The van der Waals surface area contributed by atoms with Crippen molar-refractivity contribution in [2.75, 3.05) is 4.90 Å². The van der Waals surface area contributed by atoms with Gasteiger partial charge in [0.05, 0.1) is 6.04 Å². The van der Waals surface area contributed by atoms with Gasteiger partial charge in [-0.15, -0.1) is 0 Å². The van der Waals surface area contributed by atoms with Crippen LogP contribution >= 0.6 is 0 Å². The van der Waals surface area contributed by atoms with E-state index < -0.39 is 0 Å². The van der Waals surface area contributed by atoms with Gasteiger partial charge in [-0.1, -0.05) is 109 Å². The fourth-order valence-corrected chi connectivity index (χ4v) is 7.56. The molecule has 0 radical (unpaired) electrons. The van der Waals surface area contributed by atoms with E-state index in [4.69, 9.17) is 19.4 Å². The summed E-state index contributed by atoms with van der Waals surface area (Å²) in [6.07, 6.45) is 8.12. The topological polar surface area (TPSA) is 67.9 Å². The van der Waals surface area contributed by atoms with Crippen LogP contribution in [0.15, 0.2) is 162 Å². The molecular weight excluding hydrogens is 615 g/mol. The molecular formula is C44H29N5O. The zero-order valence-electron chi connectivity index (χ0n) is 26.9. The fourth-order valence-electron chi connectivity index (χ4n) is 7.56. The predicted octanol–water partition coefficient (Wildman–Crippen LogP) is 10.4. The van der Waals surface area contributed by atoms with Crippen LogP contribution in [-0.4, -0.2) is 26.0 Å². The number of hydrogen-bond donors (Lipinski definition) is 0. The van der Waals surface area contributed by atoms with Gasteiger partial charge in [-0.25, -0.2) is 15.0 Å². The zero-order valence-corrected chi connectivity index (χ0v) is 26.9. The maximum absolute atomic E-state index is 6.83. The van der Waals surface area contributed by atoms with E-state index >= 15 is 0 Å². The van der Waals surface area contributed by atoms with Crippen molar-refractivity contribution in [1.82, 2.24) is 19.9 Å². The predicted molar refractivity (Wildman–Crippen MR) is 199 cm³/mol. The van der Waals surface area contributed by atoms with Gasteiger partial charge in [0.1, 0.15) is 11.3 Å². The number of fused-ring (bicyclic) bond motifs is 7. The van der Waals surface area contributed by atoms with Gasteiger partial charge in [-0.05, 0) is 48.0 Å². The summed E-state index contributed by atoms with van der Waals surface area (Å²) in [7, 11) is 0. The molecule has 3 aromatic heterocycles. The Morgan fingerprint density at radius 1 is 0.580 bits per heavy atom. The van der Waals surface area contributed by atoms with E-state index in [1.807, 2.05) is 72.9 Å². The molecule has 8 aromatic rings. The number of aromatic nitrogens is 4. The van der Waals surface area contributed by atoms with E-state index in [1.165, 1.54) is 16.8 Å². The summed E-state index contributed by atoms with van der Waals surface area (Å²) in [5.74, 6) is 2.78. The molecule has 0 amide bonds. The van der Waals surface area contributed by atoms with Crippen molar-refractivity contribution in [1.29, 1.82) is 0 Å². The molecule has 2 unspecified atom stereocenters. The Kier molecular flexibility index (Phi) is 6.52. The summed E-state index contributed by atoms with van der Waals surface area (Å²) >= 11 is 0. The number of pyridine rings is 1. The van der Waals surface area contributed by atoms with Crippen LogP contribution in [0.1, 0.15) is 22.8 Å². The minimum Gasteiger partial charge on any atom is -0.456 e. The van der Waals surface area contributed by atoms with Crippen LogP contribution in [0.2, 0.25) is 0 Å². The van der Waals surface area contributed by atoms with Crippen LogP contribution in [-0.2, 0) is 0 Å². The standard InChI is InChI=1S/C44H29N5O/c1-4-13-28(14-5-1)42-46-43(29-15-6-2-7-16-29)48-44(47-42)31-25-34(30-17-12-24-45-27-30)41-35(26-31)40-38(50-41)23-22-37-39(40)33-20-10-11-21-36(33)49(37)32-18-8-3-9-19-32/h1-27,37,39H. The van der Waals surface area contributed by atoms with Crippen LogP contribution < -0.4 is 4.90 Å². The molecule has 0 spiro atoms. The molecule has 236 valence electrons. The number of benzene rings is 5. The van der Waals surface area contributed by atoms with E-state index in [0.717, 1.165) is 50.2 Å². The third-order valence-corrected chi connectivity index (χ3v) is 9.75. The monoisotopic (exact) mass is 643 g/mol. The molecule has 6 heteroatoms. The van der Waals surface area contributed by atoms with Crippen LogP contribution in [0.25, 0.3) is 62.3 Å². The molecule has 2 atom stereocenters. The Morgan fingerprint density at radius 2 is 1.20 bits per heavy atom. The molecule has 4 heterocycles. The Labute approximate surface area is 289 Å². The smallest absolute Gasteiger partial charge is 0.164 e. The first-order valence-corrected chi connectivity index (χ1v) is 16.8. The van der Waals surface area contributed by atoms with E-state index in [1.54, 1.807) is 6.20 Å². The summed E-state index contributed by atoms with van der Waals surface area (Å²) in [6.45, 7) is 0. The Hall–Kier alpha value is -6.66. The molecule has 6 nitrogen and oxygen atoms in total. The van der Waals surface area contributed by atoms with Crippen LogP contribution in [0.5, 0.6) is 0 Å². The molecule has 50 heavy (non-hydrogen) atoms. The minimum atomic E-state index is 0.0581. The van der Waals surface area contributed by atoms with Crippen molar-refractivity contribution in [2.24, 2.45) is 0 Å². The normalized spacial score (nSPS) is 15.9. The Morgan fingerprint density at radius 3 is 1.88 bits per heavy atom. The third-order valence-electron chi connectivity index (χ3n) is 9.75. The highest BCUT2D eigenvalue weighted by molar-refractivity contribution is 6.01. The van der Waals surface area contributed by atoms with Gasteiger partial charge in [0.25, 0.3) is 0 Å². The highest BCUT2D eigenvalue weighted by Crippen LogP contribution is 2.54. The molecule has 0 N–H and O–H groups in total. The summed E-state index contributed by atoms with van der Waals surface area (Å²) in [5, 5.41) is 1.04. The first kappa shape index (κ1) is 28.4. The molecule has 5 aromatic carbocycles. The fraction of sp³-hybridized carbons (Fsp3) is 0.0455. The van der Waals surface area contributed by atoms with E-state index in [2.05, 4.69) is 94.8 Å². The number of nitrogens with zero attached hydrogens (tertiary/aromatic N) is 5. The van der Waals surface area contributed by atoms with Crippen molar-refractivity contribution in [3.8, 4) is 45.3 Å². The lowest BCUT2D eigenvalue weighted by Crippen LogP contribution is -2.30. The average Bonchev–Trinajstić information content (AvgIpc) is 3.74. The Balaban J connectivity index is 1.23. The number of rotatable bonds is 5. The zero-order chi connectivity index (χ0) is 33.0. The number of para-hydroxylation sites is 2. The lowest BCUT2D eigenvalue weighted by atomic mass is 9.82. The SMILES string of the molecule is C1=CC2C(c3ccccc3N2c2ccccc2)c2c1oc1c(-c3cccnc3)cc(-c3nc(-c4ccccc4)nc(-c4ccccc4)n3)cc21. The van der Waals surface area contributed by atoms with Gasteiger partial charge in [0, 0.05) is 68.5 Å². The summed E-state index contributed by atoms with van der Waals surface area (Å²) in [4.78, 5) is 22.1. The van der Waals surface area contributed by atoms with Crippen LogP contribution in [0, 0.1) is 0 Å². The molecule has 1 aliphatic carbocycles. The van der Waals surface area contributed by atoms with Gasteiger partial charge in [-0.3, -0.25) is 4.98 Å². The number of anilines is 2. The highest BCUT2D eigenvalue weighted by atomic mass is 16.3. The van der Waals surface area contributed by atoms with Crippen molar-refractivity contribution < 1.29 is 4.42 Å². The Bertz CT molecular complexity index is 2490. The molecule has 0 bridgehead atoms. The summed E-state index contributed by atoms with van der Waals surface area (Å²) in [5.41, 5.74) is 10.3. The van der Waals surface area contributed by atoms with Gasteiger partial charge < -0.3 is 9.32 Å². The van der Waals surface area contributed by atoms with E-state index in [0.29, 0.717) is 17.5 Å². The van der Waals surface area contributed by atoms with Crippen molar-refractivity contribution >= 4 is 28.4 Å². The quantitative estimate of drug-likeness (QED) is 0.186. The van der Waals surface area contributed by atoms with Gasteiger partial charge in [0.2, 0.25) is 0 Å². The van der Waals surface area contributed by atoms with Crippen molar-refractivity contribution in [3.63, 3.8) is 0 Å². The maximum atomic E-state index is 6.83. The minimum absolute atomic E-state index is 0.0581. The average molecular weight is 644 g/mol. The molecule has 1 aliphatic heterocycles. The highest BCUT2D eigenvalue weighted by Gasteiger charge is 2.43. The van der Waals surface area contributed by atoms with Crippen LogP contribution in [0.3, 0.4) is 0 Å². The largest absolute Gasteiger partial charge is 0.456 e. The van der Waals surface area contributed by atoms with E-state index in [9.17, 15) is 0 Å².